The summed E-state index contributed by atoms with van der Waals surface area (Å²) in [6.07, 6.45) is 0.708. The standard InChI is InChI=1S/C12H17NOS/c1-8-2-3-10(11(13)6-8)12(14)9-4-5-15-7-9/h2-3,6,9,12,14H,4-5,7,13H2,1H3. The number of thioether (sulfide) groups is 1. The Morgan fingerprint density at radius 1 is 1.53 bits per heavy atom. The van der Waals surface area contributed by atoms with Gasteiger partial charge in [0.1, 0.15) is 0 Å². The summed E-state index contributed by atoms with van der Waals surface area (Å²) in [7, 11) is 0. The summed E-state index contributed by atoms with van der Waals surface area (Å²) in [4.78, 5) is 0. The predicted molar refractivity (Wildman–Crippen MR) is 66.0 cm³/mol. The van der Waals surface area contributed by atoms with Gasteiger partial charge in [-0.2, -0.15) is 11.8 Å². The van der Waals surface area contributed by atoms with Gasteiger partial charge in [-0.15, -0.1) is 0 Å². The smallest absolute Gasteiger partial charge is 0.0846 e. The largest absolute Gasteiger partial charge is 0.398 e. The fourth-order valence-electron chi connectivity index (χ4n) is 2.02. The minimum absolute atomic E-state index is 0.375. The number of aryl methyl sites for hydroxylation is 1. The van der Waals surface area contributed by atoms with Gasteiger partial charge in [0.15, 0.2) is 0 Å². The van der Waals surface area contributed by atoms with Crippen molar-refractivity contribution >= 4 is 17.4 Å². The number of hydrogen-bond donors (Lipinski definition) is 2. The first kappa shape index (κ1) is 10.8. The molecule has 1 aliphatic rings. The maximum Gasteiger partial charge on any atom is 0.0846 e. The molecule has 1 heterocycles. The SMILES string of the molecule is Cc1ccc(C(O)C2CCSC2)c(N)c1. The Bertz CT molecular complexity index is 347. The molecule has 2 rings (SSSR count). The molecule has 1 aromatic rings. The molecule has 2 unspecified atom stereocenters. The maximum atomic E-state index is 10.2. The average molecular weight is 223 g/mol. The topological polar surface area (TPSA) is 46.2 Å². The molecule has 0 bridgehead atoms. The van der Waals surface area contributed by atoms with Crippen LogP contribution in [0, 0.1) is 12.8 Å². The van der Waals surface area contributed by atoms with Gasteiger partial charge in [-0.1, -0.05) is 12.1 Å². The van der Waals surface area contributed by atoms with Crippen molar-refractivity contribution in [1.29, 1.82) is 0 Å². The van der Waals surface area contributed by atoms with Crippen LogP contribution < -0.4 is 5.73 Å². The number of aliphatic hydroxyl groups excluding tert-OH is 1. The normalized spacial score (nSPS) is 22.9. The van der Waals surface area contributed by atoms with E-state index in [1.807, 2.05) is 36.9 Å². The van der Waals surface area contributed by atoms with E-state index in [2.05, 4.69) is 0 Å². The zero-order valence-electron chi connectivity index (χ0n) is 8.94. The van der Waals surface area contributed by atoms with Gasteiger partial charge in [0.25, 0.3) is 0 Å². The number of hydrogen-bond acceptors (Lipinski definition) is 3. The second-order valence-electron chi connectivity index (χ2n) is 4.20. The van der Waals surface area contributed by atoms with Crippen molar-refractivity contribution in [3.05, 3.63) is 29.3 Å². The third-order valence-electron chi connectivity index (χ3n) is 2.97. The molecule has 3 heteroatoms. The Balaban J connectivity index is 2.20. The van der Waals surface area contributed by atoms with Crippen LogP contribution in [0.2, 0.25) is 0 Å². The molecular formula is C12H17NOS. The predicted octanol–water partition coefficient (Wildman–Crippen LogP) is 2.36. The minimum Gasteiger partial charge on any atom is -0.398 e. The summed E-state index contributed by atoms with van der Waals surface area (Å²) in [6.45, 7) is 2.01. The van der Waals surface area contributed by atoms with Crippen molar-refractivity contribution in [3.63, 3.8) is 0 Å². The van der Waals surface area contributed by atoms with E-state index in [0.29, 0.717) is 5.92 Å². The molecule has 1 saturated heterocycles. The first-order valence-corrected chi connectivity index (χ1v) is 6.46. The van der Waals surface area contributed by atoms with Crippen molar-refractivity contribution in [3.8, 4) is 0 Å². The van der Waals surface area contributed by atoms with Crippen LogP contribution in [-0.2, 0) is 0 Å². The molecule has 1 fully saturated rings. The molecule has 1 aromatic carbocycles. The first-order chi connectivity index (χ1) is 7.18. The molecule has 0 radical (unpaired) electrons. The van der Waals surface area contributed by atoms with Crippen LogP contribution in [0.25, 0.3) is 0 Å². The fraction of sp³-hybridized carbons (Fsp3) is 0.500. The molecule has 0 aromatic heterocycles. The molecule has 0 aliphatic carbocycles. The second kappa shape index (κ2) is 4.45. The molecule has 3 N–H and O–H groups in total. The average Bonchev–Trinajstić information content (AvgIpc) is 2.69. The van der Waals surface area contributed by atoms with Gasteiger partial charge >= 0.3 is 0 Å². The van der Waals surface area contributed by atoms with E-state index in [-0.39, 0.29) is 6.10 Å². The van der Waals surface area contributed by atoms with Gasteiger partial charge in [0.05, 0.1) is 6.10 Å². The second-order valence-corrected chi connectivity index (χ2v) is 5.35. The third kappa shape index (κ3) is 2.29. The number of nitrogens with two attached hydrogens (primary N) is 1. The Morgan fingerprint density at radius 3 is 2.93 bits per heavy atom. The summed E-state index contributed by atoms with van der Waals surface area (Å²) >= 11 is 1.91. The zero-order valence-corrected chi connectivity index (χ0v) is 9.76. The summed E-state index contributed by atoms with van der Waals surface area (Å²) in [5.41, 5.74) is 8.68. The van der Waals surface area contributed by atoms with Crippen LogP contribution in [0.4, 0.5) is 5.69 Å². The maximum absolute atomic E-state index is 10.2. The van der Waals surface area contributed by atoms with Crippen LogP contribution in [0.3, 0.4) is 0 Å². The quantitative estimate of drug-likeness (QED) is 0.757. The van der Waals surface area contributed by atoms with E-state index in [0.717, 1.165) is 34.7 Å². The lowest BCUT2D eigenvalue weighted by Crippen LogP contribution is -2.13. The number of aliphatic hydroxyl groups is 1. The van der Waals surface area contributed by atoms with Crippen molar-refractivity contribution in [2.75, 3.05) is 17.2 Å². The summed E-state index contributed by atoms with van der Waals surface area (Å²) < 4.78 is 0. The molecule has 0 spiro atoms. The van der Waals surface area contributed by atoms with Crippen LogP contribution >= 0.6 is 11.8 Å². The van der Waals surface area contributed by atoms with Gasteiger partial charge in [-0.3, -0.25) is 0 Å². The van der Waals surface area contributed by atoms with E-state index in [4.69, 9.17) is 5.73 Å². The number of rotatable bonds is 2. The molecule has 2 nitrogen and oxygen atoms in total. The monoisotopic (exact) mass is 223 g/mol. The molecule has 0 saturated carbocycles. The summed E-state index contributed by atoms with van der Waals surface area (Å²) in [5.74, 6) is 2.59. The highest BCUT2D eigenvalue weighted by molar-refractivity contribution is 7.99. The van der Waals surface area contributed by atoms with Crippen LogP contribution in [0.15, 0.2) is 18.2 Å². The Morgan fingerprint density at radius 2 is 2.33 bits per heavy atom. The van der Waals surface area contributed by atoms with Crippen molar-refractivity contribution in [2.45, 2.75) is 19.4 Å². The van der Waals surface area contributed by atoms with Crippen molar-refractivity contribution in [2.24, 2.45) is 5.92 Å². The lowest BCUT2D eigenvalue weighted by molar-refractivity contribution is 0.122. The minimum atomic E-state index is -0.388. The van der Waals surface area contributed by atoms with Crippen molar-refractivity contribution in [1.82, 2.24) is 0 Å². The van der Waals surface area contributed by atoms with E-state index in [1.165, 1.54) is 0 Å². The van der Waals surface area contributed by atoms with E-state index in [9.17, 15) is 5.11 Å². The van der Waals surface area contributed by atoms with Crippen LogP contribution in [-0.4, -0.2) is 16.6 Å². The highest BCUT2D eigenvalue weighted by Crippen LogP contribution is 2.36. The van der Waals surface area contributed by atoms with Gasteiger partial charge < -0.3 is 10.8 Å². The number of benzene rings is 1. The Kier molecular flexibility index (Phi) is 3.22. The van der Waals surface area contributed by atoms with Crippen molar-refractivity contribution < 1.29 is 5.11 Å². The van der Waals surface area contributed by atoms with E-state index >= 15 is 0 Å². The molecule has 15 heavy (non-hydrogen) atoms. The first-order valence-electron chi connectivity index (χ1n) is 5.30. The molecule has 82 valence electrons. The Labute approximate surface area is 94.9 Å². The van der Waals surface area contributed by atoms with Crippen LogP contribution in [0.5, 0.6) is 0 Å². The van der Waals surface area contributed by atoms with Gasteiger partial charge in [-0.05, 0) is 42.4 Å². The highest BCUT2D eigenvalue weighted by atomic mass is 32.2. The molecule has 2 atom stereocenters. The van der Waals surface area contributed by atoms with Crippen LogP contribution in [0.1, 0.15) is 23.7 Å². The molecular weight excluding hydrogens is 206 g/mol. The van der Waals surface area contributed by atoms with Gasteiger partial charge in [-0.25, -0.2) is 0 Å². The zero-order chi connectivity index (χ0) is 10.8. The van der Waals surface area contributed by atoms with E-state index in [1.54, 1.807) is 0 Å². The number of anilines is 1. The van der Waals surface area contributed by atoms with Gasteiger partial charge in [0.2, 0.25) is 0 Å². The van der Waals surface area contributed by atoms with Gasteiger partial charge in [0, 0.05) is 11.3 Å². The lowest BCUT2D eigenvalue weighted by atomic mass is 9.93. The lowest BCUT2D eigenvalue weighted by Gasteiger charge is -2.19. The molecule has 1 aliphatic heterocycles. The highest BCUT2D eigenvalue weighted by Gasteiger charge is 2.25. The Hall–Kier alpha value is -0.670. The number of nitrogen functional groups attached to an aromatic ring is 1. The summed E-state index contributed by atoms with van der Waals surface area (Å²) in [6, 6.07) is 5.90. The third-order valence-corrected chi connectivity index (χ3v) is 4.16. The molecule has 0 amide bonds. The fourth-order valence-corrected chi connectivity index (χ4v) is 3.31. The van der Waals surface area contributed by atoms with E-state index < -0.39 is 0 Å². The summed E-state index contributed by atoms with van der Waals surface area (Å²) in [5, 5.41) is 10.2.